The molecule has 0 fully saturated rings. The van der Waals surface area contributed by atoms with Crippen LogP contribution in [-0.4, -0.2) is 19.3 Å². The molecular weight excluding hydrogens is 314 g/mol. The Labute approximate surface area is 147 Å². The Balaban J connectivity index is 1.95. The second-order valence-electron chi connectivity index (χ2n) is 7.37. The monoisotopic (exact) mass is 339 g/mol. The molecule has 0 amide bonds. The number of fused-ring (bicyclic) bond motifs is 1. The minimum atomic E-state index is -0.840. The van der Waals surface area contributed by atoms with Crippen LogP contribution in [0.3, 0.4) is 0 Å². The van der Waals surface area contributed by atoms with Gasteiger partial charge in [-0.1, -0.05) is 37.3 Å². The summed E-state index contributed by atoms with van der Waals surface area (Å²) in [7, 11) is -0.840. The Hall–Kier alpha value is -1.87. The number of aromatic nitrogens is 1. The lowest BCUT2D eigenvalue weighted by molar-refractivity contribution is 0.642. The van der Waals surface area contributed by atoms with E-state index >= 15 is 0 Å². The van der Waals surface area contributed by atoms with Crippen LogP contribution >= 0.6 is 0 Å². The van der Waals surface area contributed by atoms with Crippen LogP contribution in [0.15, 0.2) is 60.8 Å². The molecule has 1 heterocycles. The minimum Gasteiger partial charge on any atom is -0.317 e. The number of benzene rings is 2. The lowest BCUT2D eigenvalue weighted by Crippen LogP contribution is -2.26. The van der Waals surface area contributed by atoms with Crippen LogP contribution in [0, 0.1) is 0 Å². The van der Waals surface area contributed by atoms with E-state index in [2.05, 4.69) is 66.2 Å². The van der Waals surface area contributed by atoms with E-state index in [1.807, 2.05) is 26.8 Å². The summed E-state index contributed by atoms with van der Waals surface area (Å²) in [6.45, 7) is 8.29. The van der Waals surface area contributed by atoms with Crippen LogP contribution in [0.25, 0.3) is 16.6 Å². The van der Waals surface area contributed by atoms with Crippen molar-refractivity contribution in [3.63, 3.8) is 0 Å². The van der Waals surface area contributed by atoms with Gasteiger partial charge in [0, 0.05) is 33.2 Å². The number of para-hydroxylation sites is 1. The summed E-state index contributed by atoms with van der Waals surface area (Å²) in [6.07, 6.45) is 2.11. The van der Waals surface area contributed by atoms with E-state index in [4.69, 9.17) is 0 Å². The van der Waals surface area contributed by atoms with Crippen molar-refractivity contribution in [3.05, 3.63) is 66.4 Å². The van der Waals surface area contributed by atoms with E-state index in [1.54, 1.807) is 0 Å². The maximum absolute atomic E-state index is 12.5. The van der Waals surface area contributed by atoms with Crippen LogP contribution in [0.5, 0.6) is 0 Å². The Morgan fingerprint density at radius 3 is 2.42 bits per heavy atom. The molecule has 0 aliphatic heterocycles. The van der Waals surface area contributed by atoms with Gasteiger partial charge in [-0.3, -0.25) is 4.21 Å². The number of nitrogens with zero attached hydrogens (tertiary/aromatic N) is 1. The molecule has 3 rings (SSSR count). The van der Waals surface area contributed by atoms with Crippen LogP contribution in [0.4, 0.5) is 0 Å². The van der Waals surface area contributed by atoms with Crippen LogP contribution in [0.2, 0.25) is 0 Å². The predicted molar refractivity (Wildman–Crippen MR) is 104 cm³/mol. The van der Waals surface area contributed by atoms with Gasteiger partial charge in [-0.2, -0.15) is 0 Å². The molecule has 2 nitrogen and oxygen atoms in total. The molecule has 3 heteroatoms. The molecule has 1 aromatic heterocycles. The molecule has 3 aromatic rings. The molecule has 0 saturated heterocycles. The minimum absolute atomic E-state index is 0.164. The summed E-state index contributed by atoms with van der Waals surface area (Å²) >= 11 is 0. The van der Waals surface area contributed by atoms with Gasteiger partial charge in [-0.05, 0) is 61.9 Å². The van der Waals surface area contributed by atoms with Gasteiger partial charge < -0.3 is 4.57 Å². The zero-order valence-electron chi connectivity index (χ0n) is 14.8. The van der Waals surface area contributed by atoms with Crippen LogP contribution < -0.4 is 0 Å². The van der Waals surface area contributed by atoms with Gasteiger partial charge in [0.25, 0.3) is 0 Å². The summed E-state index contributed by atoms with van der Waals surface area (Å²) in [5, 5.41) is 1.23. The van der Waals surface area contributed by atoms with E-state index < -0.39 is 10.8 Å². The molecule has 126 valence electrons. The molecule has 0 aliphatic carbocycles. The Bertz CT molecular complexity index is 858. The first-order chi connectivity index (χ1) is 11.4. The van der Waals surface area contributed by atoms with Crippen molar-refractivity contribution in [2.45, 2.75) is 38.4 Å². The lowest BCUT2D eigenvalue weighted by atomic mass is 10.0. The molecule has 0 saturated carbocycles. The average molecular weight is 340 g/mol. The highest BCUT2D eigenvalue weighted by atomic mass is 32.2. The molecule has 0 spiro atoms. The third-order valence-corrected chi connectivity index (χ3v) is 6.57. The summed E-state index contributed by atoms with van der Waals surface area (Å²) in [5.74, 6) is 0.967. The first-order valence-electron chi connectivity index (χ1n) is 8.41. The summed E-state index contributed by atoms with van der Waals surface area (Å²) in [6, 6.07) is 19.1. The lowest BCUT2D eigenvalue weighted by Gasteiger charge is -2.21. The van der Waals surface area contributed by atoms with Crippen molar-refractivity contribution in [2.24, 2.45) is 0 Å². The highest BCUT2D eigenvalue weighted by Gasteiger charge is 2.22. The SMILES string of the molecule is C[C@H](CS(=O)C(C)(C)C)c1ccc2ccn(-c3ccccc3)c2c1. The Morgan fingerprint density at radius 2 is 1.75 bits per heavy atom. The third-order valence-electron chi connectivity index (χ3n) is 4.40. The fourth-order valence-corrected chi connectivity index (χ4v) is 3.99. The van der Waals surface area contributed by atoms with Gasteiger partial charge in [0.1, 0.15) is 0 Å². The molecule has 1 unspecified atom stereocenters. The first-order valence-corrected chi connectivity index (χ1v) is 9.73. The average Bonchev–Trinajstić information content (AvgIpc) is 2.97. The molecule has 0 radical (unpaired) electrons. The van der Waals surface area contributed by atoms with E-state index in [0.717, 1.165) is 5.69 Å². The van der Waals surface area contributed by atoms with E-state index in [1.165, 1.54) is 16.5 Å². The Kier molecular flexibility index (Phi) is 4.64. The normalized spacial score (nSPS) is 14.7. The first kappa shape index (κ1) is 17.0. The van der Waals surface area contributed by atoms with Gasteiger partial charge in [0.15, 0.2) is 0 Å². The second kappa shape index (κ2) is 6.56. The van der Waals surface area contributed by atoms with Gasteiger partial charge in [0.05, 0.1) is 5.52 Å². The van der Waals surface area contributed by atoms with E-state index in [0.29, 0.717) is 5.75 Å². The number of hydrogen-bond donors (Lipinski definition) is 0. The van der Waals surface area contributed by atoms with Crippen molar-refractivity contribution < 1.29 is 4.21 Å². The summed E-state index contributed by atoms with van der Waals surface area (Å²) in [5.41, 5.74) is 3.61. The molecule has 0 N–H and O–H groups in total. The largest absolute Gasteiger partial charge is 0.317 e. The van der Waals surface area contributed by atoms with Gasteiger partial charge in [0.2, 0.25) is 0 Å². The molecule has 2 aromatic carbocycles. The van der Waals surface area contributed by atoms with Crippen LogP contribution in [0.1, 0.15) is 39.2 Å². The van der Waals surface area contributed by atoms with Gasteiger partial charge >= 0.3 is 0 Å². The standard InChI is InChI=1S/C21H25NOS/c1-16(15-24(23)21(2,3)4)18-11-10-17-12-13-22(20(17)14-18)19-8-6-5-7-9-19/h5-14,16H,15H2,1-4H3/t16-,24?/m1/s1. The second-order valence-corrected chi connectivity index (χ2v) is 9.61. The van der Waals surface area contributed by atoms with E-state index in [-0.39, 0.29) is 10.7 Å². The van der Waals surface area contributed by atoms with Crippen molar-refractivity contribution in [1.82, 2.24) is 4.57 Å². The van der Waals surface area contributed by atoms with Crippen molar-refractivity contribution in [3.8, 4) is 5.69 Å². The van der Waals surface area contributed by atoms with Gasteiger partial charge in [-0.15, -0.1) is 0 Å². The molecule has 2 atom stereocenters. The zero-order chi connectivity index (χ0) is 17.3. The van der Waals surface area contributed by atoms with E-state index in [9.17, 15) is 4.21 Å². The molecule has 0 bridgehead atoms. The molecule has 0 aliphatic rings. The van der Waals surface area contributed by atoms with Crippen molar-refractivity contribution >= 4 is 21.7 Å². The maximum atomic E-state index is 12.5. The van der Waals surface area contributed by atoms with Gasteiger partial charge in [-0.25, -0.2) is 0 Å². The van der Waals surface area contributed by atoms with Crippen molar-refractivity contribution in [1.29, 1.82) is 0 Å². The Morgan fingerprint density at radius 1 is 1.04 bits per heavy atom. The number of hydrogen-bond acceptors (Lipinski definition) is 1. The molecular formula is C21H25NOS. The predicted octanol–water partition coefficient (Wildman–Crippen LogP) is 5.28. The van der Waals surface area contributed by atoms with Crippen molar-refractivity contribution in [2.75, 3.05) is 5.75 Å². The smallest absolute Gasteiger partial charge is 0.0531 e. The molecule has 24 heavy (non-hydrogen) atoms. The number of rotatable bonds is 4. The highest BCUT2D eigenvalue weighted by molar-refractivity contribution is 7.86. The quantitative estimate of drug-likeness (QED) is 0.634. The fraction of sp³-hybridized carbons (Fsp3) is 0.333. The fourth-order valence-electron chi connectivity index (χ4n) is 2.84. The van der Waals surface area contributed by atoms with Crippen LogP contribution in [-0.2, 0) is 10.8 Å². The zero-order valence-corrected chi connectivity index (χ0v) is 15.6. The maximum Gasteiger partial charge on any atom is 0.0531 e. The summed E-state index contributed by atoms with van der Waals surface area (Å²) in [4.78, 5) is 0. The summed E-state index contributed by atoms with van der Waals surface area (Å²) < 4.78 is 14.5. The third kappa shape index (κ3) is 3.46. The topological polar surface area (TPSA) is 22.0 Å². The highest BCUT2D eigenvalue weighted by Crippen LogP contribution is 2.27.